The summed E-state index contributed by atoms with van der Waals surface area (Å²) in [5.41, 5.74) is 0.989. The van der Waals surface area contributed by atoms with Gasteiger partial charge in [-0.15, -0.1) is 0 Å². The molecule has 1 heterocycles. The van der Waals surface area contributed by atoms with Gasteiger partial charge in [0.25, 0.3) is 0 Å². The average molecular weight is 325 g/mol. The summed E-state index contributed by atoms with van der Waals surface area (Å²) in [5.74, 6) is 0.266. The molecule has 0 aliphatic heterocycles. The highest BCUT2D eigenvalue weighted by Gasteiger charge is 2.04. The molecule has 0 aliphatic rings. The fraction of sp³-hybridized carbons (Fsp3) is 0.214. The molecule has 1 amide bonds. The third-order valence-electron chi connectivity index (χ3n) is 2.70. The van der Waals surface area contributed by atoms with Gasteiger partial charge in [-0.1, -0.05) is 29.3 Å². The van der Waals surface area contributed by atoms with E-state index in [4.69, 9.17) is 23.2 Å². The summed E-state index contributed by atoms with van der Waals surface area (Å²) in [4.78, 5) is 19.5. The molecular weight excluding hydrogens is 311 g/mol. The van der Waals surface area contributed by atoms with E-state index in [2.05, 4.69) is 20.6 Å². The van der Waals surface area contributed by atoms with Gasteiger partial charge in [0, 0.05) is 22.4 Å². The van der Waals surface area contributed by atoms with Gasteiger partial charge in [0.05, 0.1) is 12.7 Å². The molecule has 0 spiro atoms. The van der Waals surface area contributed by atoms with E-state index < -0.39 is 0 Å². The number of anilines is 1. The molecule has 1 aromatic carbocycles. The third-order valence-corrected chi connectivity index (χ3v) is 3.29. The van der Waals surface area contributed by atoms with Crippen molar-refractivity contribution in [2.75, 3.05) is 18.4 Å². The monoisotopic (exact) mass is 324 g/mol. The van der Waals surface area contributed by atoms with Crippen LogP contribution in [0, 0.1) is 0 Å². The van der Waals surface area contributed by atoms with Crippen molar-refractivity contribution >= 4 is 34.9 Å². The highest BCUT2D eigenvalue weighted by Crippen LogP contribution is 2.20. The Hall–Kier alpha value is -1.69. The molecule has 0 atom stereocenters. The zero-order valence-corrected chi connectivity index (χ0v) is 12.7. The van der Waals surface area contributed by atoms with Gasteiger partial charge in [-0.25, -0.2) is 4.98 Å². The summed E-state index contributed by atoms with van der Waals surface area (Å²) in [6.45, 7) is 0.830. The first-order valence-electron chi connectivity index (χ1n) is 6.35. The SMILES string of the molecule is O=C(CNCCc1ccc(Cl)cc1Cl)Nc1cnccn1. The zero-order valence-electron chi connectivity index (χ0n) is 11.1. The third kappa shape index (κ3) is 5.30. The Bertz CT molecular complexity index is 607. The normalized spacial score (nSPS) is 10.4. The highest BCUT2D eigenvalue weighted by molar-refractivity contribution is 6.35. The Morgan fingerprint density at radius 1 is 1.24 bits per heavy atom. The quantitative estimate of drug-likeness (QED) is 0.801. The van der Waals surface area contributed by atoms with E-state index in [0.29, 0.717) is 28.8 Å². The number of nitrogens with one attached hydrogen (secondary N) is 2. The fourth-order valence-corrected chi connectivity index (χ4v) is 2.20. The Kier molecular flexibility index (Phi) is 5.92. The molecule has 21 heavy (non-hydrogen) atoms. The van der Waals surface area contributed by atoms with Crippen molar-refractivity contribution in [1.29, 1.82) is 0 Å². The number of hydrogen-bond acceptors (Lipinski definition) is 4. The van der Waals surface area contributed by atoms with Gasteiger partial charge in [0.1, 0.15) is 0 Å². The number of halogens is 2. The number of aromatic nitrogens is 2. The number of amides is 1. The van der Waals surface area contributed by atoms with Crippen molar-refractivity contribution in [2.24, 2.45) is 0 Å². The topological polar surface area (TPSA) is 66.9 Å². The van der Waals surface area contributed by atoms with Gasteiger partial charge in [-0.3, -0.25) is 9.78 Å². The van der Waals surface area contributed by atoms with Crippen LogP contribution in [-0.2, 0) is 11.2 Å². The van der Waals surface area contributed by atoms with Crippen LogP contribution in [0.5, 0.6) is 0 Å². The number of hydrogen-bond donors (Lipinski definition) is 2. The number of rotatable bonds is 6. The van der Waals surface area contributed by atoms with Crippen molar-refractivity contribution in [3.63, 3.8) is 0 Å². The van der Waals surface area contributed by atoms with Crippen LogP contribution < -0.4 is 10.6 Å². The molecular formula is C14H14Cl2N4O. The highest BCUT2D eigenvalue weighted by atomic mass is 35.5. The predicted octanol–water partition coefficient (Wildman–Crippen LogP) is 2.55. The van der Waals surface area contributed by atoms with Gasteiger partial charge in [-0.2, -0.15) is 0 Å². The molecule has 0 radical (unpaired) electrons. The van der Waals surface area contributed by atoms with E-state index in [1.807, 2.05) is 6.07 Å². The van der Waals surface area contributed by atoms with Gasteiger partial charge < -0.3 is 10.6 Å². The first kappa shape index (κ1) is 15.7. The second-order valence-corrected chi connectivity index (χ2v) is 5.14. The molecule has 0 fully saturated rings. The average Bonchev–Trinajstić information content (AvgIpc) is 2.46. The summed E-state index contributed by atoms with van der Waals surface area (Å²) in [6.07, 6.45) is 5.27. The molecule has 2 rings (SSSR count). The lowest BCUT2D eigenvalue weighted by Crippen LogP contribution is -2.29. The lowest BCUT2D eigenvalue weighted by atomic mass is 10.1. The molecule has 0 unspecified atom stereocenters. The van der Waals surface area contributed by atoms with Crippen LogP contribution in [0.3, 0.4) is 0 Å². The van der Waals surface area contributed by atoms with E-state index in [0.717, 1.165) is 5.56 Å². The maximum Gasteiger partial charge on any atom is 0.239 e. The lowest BCUT2D eigenvalue weighted by molar-refractivity contribution is -0.115. The minimum Gasteiger partial charge on any atom is -0.308 e. The maximum atomic E-state index is 11.7. The molecule has 0 saturated heterocycles. The molecule has 0 saturated carbocycles. The van der Waals surface area contributed by atoms with Crippen LogP contribution in [-0.4, -0.2) is 29.0 Å². The van der Waals surface area contributed by atoms with Crippen molar-refractivity contribution in [3.05, 3.63) is 52.4 Å². The molecule has 110 valence electrons. The Balaban J connectivity index is 1.71. The van der Waals surface area contributed by atoms with Gasteiger partial charge >= 0.3 is 0 Å². The van der Waals surface area contributed by atoms with Gasteiger partial charge in [0.15, 0.2) is 5.82 Å². The van der Waals surface area contributed by atoms with E-state index in [9.17, 15) is 4.79 Å². The molecule has 5 nitrogen and oxygen atoms in total. The summed E-state index contributed by atoms with van der Waals surface area (Å²) < 4.78 is 0. The first-order chi connectivity index (χ1) is 10.1. The zero-order chi connectivity index (χ0) is 15.1. The van der Waals surface area contributed by atoms with Crippen LogP contribution in [0.15, 0.2) is 36.8 Å². The van der Waals surface area contributed by atoms with Crippen LogP contribution >= 0.6 is 23.2 Å². The molecule has 2 N–H and O–H groups in total. The summed E-state index contributed by atoms with van der Waals surface area (Å²) in [5, 5.41) is 6.93. The smallest absolute Gasteiger partial charge is 0.239 e. The number of carbonyl (C=O) groups excluding carboxylic acids is 1. The van der Waals surface area contributed by atoms with Crippen molar-refractivity contribution in [1.82, 2.24) is 15.3 Å². The van der Waals surface area contributed by atoms with Gasteiger partial charge in [-0.05, 0) is 30.7 Å². The van der Waals surface area contributed by atoms with Gasteiger partial charge in [0.2, 0.25) is 5.91 Å². The van der Waals surface area contributed by atoms with Crippen molar-refractivity contribution in [3.8, 4) is 0 Å². The maximum absolute atomic E-state index is 11.7. The summed E-state index contributed by atoms with van der Waals surface area (Å²) >= 11 is 11.9. The lowest BCUT2D eigenvalue weighted by Gasteiger charge is -2.07. The minimum absolute atomic E-state index is 0.169. The van der Waals surface area contributed by atoms with Crippen molar-refractivity contribution in [2.45, 2.75) is 6.42 Å². The standard InChI is InChI=1S/C14H14Cl2N4O/c15-11-2-1-10(12(16)7-11)3-4-17-9-14(21)20-13-8-18-5-6-19-13/h1-2,5-8,17H,3-4,9H2,(H,19,20,21). The largest absolute Gasteiger partial charge is 0.308 e. The van der Waals surface area contributed by atoms with Crippen molar-refractivity contribution < 1.29 is 4.79 Å². The van der Waals surface area contributed by atoms with Crippen LogP contribution in [0.4, 0.5) is 5.82 Å². The van der Waals surface area contributed by atoms with E-state index >= 15 is 0 Å². The van der Waals surface area contributed by atoms with E-state index in [-0.39, 0.29) is 12.5 Å². The molecule has 0 bridgehead atoms. The minimum atomic E-state index is -0.169. The van der Waals surface area contributed by atoms with Crippen LogP contribution in [0.1, 0.15) is 5.56 Å². The van der Waals surface area contributed by atoms with E-state index in [1.165, 1.54) is 12.4 Å². The molecule has 7 heteroatoms. The van der Waals surface area contributed by atoms with Crippen LogP contribution in [0.25, 0.3) is 0 Å². The summed E-state index contributed by atoms with van der Waals surface area (Å²) in [7, 11) is 0. The number of carbonyl (C=O) groups is 1. The molecule has 1 aromatic heterocycles. The fourth-order valence-electron chi connectivity index (χ4n) is 1.70. The Morgan fingerprint density at radius 2 is 2.10 bits per heavy atom. The second kappa shape index (κ2) is 7.93. The first-order valence-corrected chi connectivity index (χ1v) is 7.11. The van der Waals surface area contributed by atoms with E-state index in [1.54, 1.807) is 18.3 Å². The second-order valence-electron chi connectivity index (χ2n) is 4.30. The molecule has 0 aliphatic carbocycles. The number of nitrogens with zero attached hydrogens (tertiary/aromatic N) is 2. The Labute approximate surface area is 132 Å². The predicted molar refractivity (Wildman–Crippen MR) is 83.7 cm³/mol. The number of benzene rings is 1. The molecule has 2 aromatic rings. The summed E-state index contributed by atoms with van der Waals surface area (Å²) in [6, 6.07) is 5.38. The Morgan fingerprint density at radius 3 is 2.81 bits per heavy atom. The van der Waals surface area contributed by atoms with Crippen LogP contribution in [0.2, 0.25) is 10.0 Å².